The zero-order valence-electron chi connectivity index (χ0n) is 13.9. The van der Waals surface area contributed by atoms with Gasteiger partial charge < -0.3 is 15.8 Å². The van der Waals surface area contributed by atoms with Crippen molar-refractivity contribution < 1.29 is 9.53 Å². The Morgan fingerprint density at radius 3 is 2.43 bits per heavy atom. The molecule has 5 nitrogen and oxygen atoms in total. The topological polar surface area (TPSA) is 67.6 Å². The molecule has 1 saturated carbocycles. The Morgan fingerprint density at radius 2 is 1.87 bits per heavy atom. The number of nitrogens with two attached hydrogens (primary N) is 1. The highest BCUT2D eigenvalue weighted by Gasteiger charge is 2.38. The number of carbonyl (C=O) groups is 1. The van der Waals surface area contributed by atoms with Gasteiger partial charge in [-0.2, -0.15) is 11.8 Å². The number of hydrogen-bond acceptors (Lipinski definition) is 5. The molecule has 1 atom stereocenters. The highest BCUT2D eigenvalue weighted by atomic mass is 35.5. The zero-order valence-corrected chi connectivity index (χ0v) is 16.4. The highest BCUT2D eigenvalue weighted by molar-refractivity contribution is 7.99. The van der Waals surface area contributed by atoms with Gasteiger partial charge in [0.15, 0.2) is 0 Å². The monoisotopic (exact) mass is 387 g/mol. The third kappa shape index (κ3) is 6.59. The molecule has 8 heteroatoms. The molecular weight excluding hydrogens is 357 g/mol. The maximum atomic E-state index is 12.1. The molecule has 0 radical (unpaired) electrons. The van der Waals surface area contributed by atoms with Crippen LogP contribution in [0, 0.1) is 0 Å². The molecule has 138 valence electrons. The normalized spacial score (nSPS) is 22.3. The molecule has 0 aromatic heterocycles. The summed E-state index contributed by atoms with van der Waals surface area (Å²) in [4.78, 5) is 14.7. The van der Waals surface area contributed by atoms with Crippen molar-refractivity contribution >= 4 is 42.5 Å². The van der Waals surface area contributed by atoms with Crippen LogP contribution >= 0.6 is 36.6 Å². The molecule has 1 amide bonds. The molecule has 0 spiro atoms. The molecule has 2 rings (SSSR count). The van der Waals surface area contributed by atoms with Crippen LogP contribution in [0.3, 0.4) is 0 Å². The Morgan fingerprint density at radius 1 is 1.26 bits per heavy atom. The SMILES string of the molecule is COCC(N)C(=O)NCC1(N2CCSCC2)CCCCC1.Cl.Cl. The van der Waals surface area contributed by atoms with Crippen LogP contribution in [0.1, 0.15) is 32.1 Å². The van der Waals surface area contributed by atoms with Gasteiger partial charge in [-0.3, -0.25) is 9.69 Å². The van der Waals surface area contributed by atoms with Crippen LogP contribution in [-0.2, 0) is 9.53 Å². The lowest BCUT2D eigenvalue weighted by Gasteiger charge is -2.48. The molecule has 1 aliphatic heterocycles. The van der Waals surface area contributed by atoms with E-state index in [1.165, 1.54) is 43.6 Å². The maximum Gasteiger partial charge on any atom is 0.239 e. The largest absolute Gasteiger partial charge is 0.383 e. The van der Waals surface area contributed by atoms with Crippen LogP contribution in [-0.4, -0.2) is 67.2 Å². The summed E-state index contributed by atoms with van der Waals surface area (Å²) in [6.45, 7) is 3.29. The van der Waals surface area contributed by atoms with Crippen molar-refractivity contribution in [2.75, 3.05) is 44.9 Å². The fourth-order valence-corrected chi connectivity index (χ4v) is 4.39. The molecule has 0 aromatic rings. The average molecular weight is 388 g/mol. The molecule has 0 bridgehead atoms. The fourth-order valence-electron chi connectivity index (χ4n) is 3.49. The van der Waals surface area contributed by atoms with E-state index < -0.39 is 6.04 Å². The Labute approximate surface area is 156 Å². The van der Waals surface area contributed by atoms with Crippen molar-refractivity contribution in [1.82, 2.24) is 10.2 Å². The zero-order chi connectivity index (χ0) is 15.1. The first-order valence-corrected chi connectivity index (χ1v) is 9.18. The van der Waals surface area contributed by atoms with Gasteiger partial charge in [0.05, 0.1) is 6.61 Å². The van der Waals surface area contributed by atoms with Crippen LogP contribution in [0.4, 0.5) is 0 Å². The molecule has 0 aromatic carbocycles. The lowest BCUT2D eigenvalue weighted by atomic mass is 9.80. The van der Waals surface area contributed by atoms with Gasteiger partial charge in [0.25, 0.3) is 0 Å². The first-order chi connectivity index (χ1) is 10.2. The number of methoxy groups -OCH3 is 1. The summed E-state index contributed by atoms with van der Waals surface area (Å²) in [6.07, 6.45) is 6.24. The van der Waals surface area contributed by atoms with E-state index in [2.05, 4.69) is 10.2 Å². The number of carbonyl (C=O) groups excluding carboxylic acids is 1. The Kier molecular flexibility index (Phi) is 11.9. The third-order valence-corrected chi connectivity index (χ3v) is 5.68. The van der Waals surface area contributed by atoms with E-state index in [0.29, 0.717) is 0 Å². The van der Waals surface area contributed by atoms with E-state index in [0.717, 1.165) is 19.6 Å². The Bertz CT molecular complexity index is 339. The summed E-state index contributed by atoms with van der Waals surface area (Å²) in [6, 6.07) is -0.562. The smallest absolute Gasteiger partial charge is 0.239 e. The van der Waals surface area contributed by atoms with Crippen molar-refractivity contribution in [2.24, 2.45) is 5.73 Å². The van der Waals surface area contributed by atoms with Crippen LogP contribution in [0.2, 0.25) is 0 Å². The summed E-state index contributed by atoms with van der Waals surface area (Å²) < 4.78 is 4.96. The van der Waals surface area contributed by atoms with Crippen LogP contribution in [0.5, 0.6) is 0 Å². The molecule has 1 heterocycles. The lowest BCUT2D eigenvalue weighted by Crippen LogP contribution is -2.60. The van der Waals surface area contributed by atoms with E-state index in [-0.39, 0.29) is 42.9 Å². The Hall–Kier alpha value is 0.280. The summed E-state index contributed by atoms with van der Waals surface area (Å²) in [5, 5.41) is 3.08. The van der Waals surface area contributed by atoms with Gasteiger partial charge in [0, 0.05) is 43.8 Å². The van der Waals surface area contributed by atoms with E-state index in [1.54, 1.807) is 7.11 Å². The van der Waals surface area contributed by atoms with Crippen molar-refractivity contribution in [3.8, 4) is 0 Å². The van der Waals surface area contributed by atoms with Gasteiger partial charge in [-0.15, -0.1) is 24.8 Å². The van der Waals surface area contributed by atoms with Crippen LogP contribution in [0.25, 0.3) is 0 Å². The summed E-state index contributed by atoms with van der Waals surface area (Å²) >= 11 is 2.03. The Balaban J connectivity index is 0.00000242. The number of thioether (sulfide) groups is 1. The van der Waals surface area contributed by atoms with Gasteiger partial charge >= 0.3 is 0 Å². The van der Waals surface area contributed by atoms with Crippen molar-refractivity contribution in [2.45, 2.75) is 43.7 Å². The van der Waals surface area contributed by atoms with Crippen molar-refractivity contribution in [3.63, 3.8) is 0 Å². The second-order valence-corrected chi connectivity index (χ2v) is 7.39. The predicted molar refractivity (Wildman–Crippen MR) is 102 cm³/mol. The number of halogens is 2. The average Bonchev–Trinajstić information content (AvgIpc) is 2.54. The molecule has 2 aliphatic rings. The van der Waals surface area contributed by atoms with Gasteiger partial charge in [-0.1, -0.05) is 19.3 Å². The first-order valence-electron chi connectivity index (χ1n) is 8.03. The number of rotatable bonds is 6. The maximum absolute atomic E-state index is 12.1. The minimum Gasteiger partial charge on any atom is -0.383 e. The van der Waals surface area contributed by atoms with Gasteiger partial charge in [-0.05, 0) is 12.8 Å². The van der Waals surface area contributed by atoms with Gasteiger partial charge in [0.1, 0.15) is 6.04 Å². The van der Waals surface area contributed by atoms with Crippen LogP contribution in [0.15, 0.2) is 0 Å². The fraction of sp³-hybridized carbons (Fsp3) is 0.933. The number of nitrogens with zero attached hydrogens (tertiary/aromatic N) is 1. The summed E-state index contributed by atoms with van der Waals surface area (Å²) in [7, 11) is 1.57. The van der Waals surface area contributed by atoms with Crippen molar-refractivity contribution in [3.05, 3.63) is 0 Å². The van der Waals surface area contributed by atoms with E-state index in [4.69, 9.17) is 10.5 Å². The minimum absolute atomic E-state index is 0. The molecule has 3 N–H and O–H groups in total. The standard InChI is InChI=1S/C15H29N3O2S.2ClH/c1-20-11-13(16)14(19)17-12-15(5-3-2-4-6-15)18-7-9-21-10-8-18;;/h13H,2-12,16H2,1H3,(H,17,19);2*1H. The molecular formula is C15H31Cl2N3O2S. The molecule has 1 unspecified atom stereocenters. The van der Waals surface area contributed by atoms with E-state index in [1.807, 2.05) is 11.8 Å². The van der Waals surface area contributed by atoms with E-state index >= 15 is 0 Å². The lowest BCUT2D eigenvalue weighted by molar-refractivity contribution is -0.124. The molecule has 2 fully saturated rings. The second kappa shape index (κ2) is 11.8. The minimum atomic E-state index is -0.562. The molecule has 1 aliphatic carbocycles. The number of hydrogen-bond donors (Lipinski definition) is 2. The number of amides is 1. The van der Waals surface area contributed by atoms with Crippen LogP contribution < -0.4 is 11.1 Å². The van der Waals surface area contributed by atoms with Gasteiger partial charge in [-0.25, -0.2) is 0 Å². The molecule has 1 saturated heterocycles. The quantitative estimate of drug-likeness (QED) is 0.725. The first kappa shape index (κ1) is 23.3. The van der Waals surface area contributed by atoms with Gasteiger partial charge in [0.2, 0.25) is 5.91 Å². The van der Waals surface area contributed by atoms with E-state index in [9.17, 15) is 4.79 Å². The predicted octanol–water partition coefficient (Wildman–Crippen LogP) is 1.67. The van der Waals surface area contributed by atoms with Crippen molar-refractivity contribution in [1.29, 1.82) is 0 Å². The summed E-state index contributed by atoms with van der Waals surface area (Å²) in [5.41, 5.74) is 5.97. The summed E-state index contributed by atoms with van der Waals surface area (Å²) in [5.74, 6) is 2.32. The highest BCUT2D eigenvalue weighted by Crippen LogP contribution is 2.34. The number of ether oxygens (including phenoxy) is 1. The number of nitrogens with one attached hydrogen (secondary N) is 1. The molecule has 23 heavy (non-hydrogen) atoms. The second-order valence-electron chi connectivity index (χ2n) is 6.16. The third-order valence-electron chi connectivity index (χ3n) is 4.74.